The number of carbonyl (C=O) groups excluding carboxylic acids is 1. The van der Waals surface area contributed by atoms with Crippen LogP contribution in [0.3, 0.4) is 0 Å². The molecule has 2 heterocycles. The van der Waals surface area contributed by atoms with Crippen LogP contribution in [0.1, 0.15) is 43.0 Å². The van der Waals surface area contributed by atoms with Crippen LogP contribution < -0.4 is 0 Å². The van der Waals surface area contributed by atoms with Crippen LogP contribution in [0.4, 0.5) is 0 Å². The second kappa shape index (κ2) is 5.59. The third kappa shape index (κ3) is 2.77. The lowest BCUT2D eigenvalue weighted by Crippen LogP contribution is -2.38. The number of rotatable bonds is 5. The number of hydrogen-bond acceptors (Lipinski definition) is 3. The molecule has 2 aromatic heterocycles. The molecule has 118 valence electrons. The smallest absolute Gasteiger partial charge is 0.247 e. The fraction of sp³-hybridized carbons (Fsp3) is 0.562. The van der Waals surface area contributed by atoms with Crippen molar-refractivity contribution in [2.75, 3.05) is 0 Å². The fourth-order valence-electron chi connectivity index (χ4n) is 2.86. The lowest BCUT2D eigenvalue weighted by molar-refractivity contribution is -0.136. The van der Waals surface area contributed by atoms with Gasteiger partial charge in [-0.05, 0) is 39.7 Å². The lowest BCUT2D eigenvalue weighted by atomic mass is 10.2. The molecule has 3 rings (SSSR count). The topological polar surface area (TPSA) is 56.0 Å². The van der Waals surface area contributed by atoms with E-state index in [2.05, 4.69) is 10.1 Å². The van der Waals surface area contributed by atoms with Crippen molar-refractivity contribution in [1.29, 1.82) is 0 Å². The first kappa shape index (κ1) is 14.8. The standard InChI is InChI=1S/C16H23N5O/c1-11-9-12(2)21(18-11)13(3)16(22)20(14-5-6-14)10-15-17-7-8-19(15)4/h7-9,13-14H,5-6,10H2,1-4H3/t13-/m1/s1. The van der Waals surface area contributed by atoms with Crippen LogP contribution in [-0.4, -0.2) is 36.2 Å². The molecule has 0 saturated heterocycles. The van der Waals surface area contributed by atoms with E-state index in [9.17, 15) is 4.79 Å². The monoisotopic (exact) mass is 301 g/mol. The number of imidazole rings is 1. The molecule has 1 aliphatic rings. The highest BCUT2D eigenvalue weighted by molar-refractivity contribution is 5.80. The maximum absolute atomic E-state index is 13.0. The van der Waals surface area contributed by atoms with E-state index in [1.54, 1.807) is 6.20 Å². The van der Waals surface area contributed by atoms with Crippen molar-refractivity contribution in [3.8, 4) is 0 Å². The molecule has 1 saturated carbocycles. The van der Waals surface area contributed by atoms with Gasteiger partial charge in [0.25, 0.3) is 0 Å². The predicted octanol–water partition coefficient (Wildman–Crippen LogP) is 1.99. The van der Waals surface area contributed by atoms with Gasteiger partial charge in [-0.25, -0.2) is 4.98 Å². The van der Waals surface area contributed by atoms with Crippen LogP contribution in [-0.2, 0) is 18.4 Å². The summed E-state index contributed by atoms with van der Waals surface area (Å²) < 4.78 is 3.79. The molecule has 1 fully saturated rings. The summed E-state index contributed by atoms with van der Waals surface area (Å²) in [6.07, 6.45) is 5.85. The molecule has 0 bridgehead atoms. The summed E-state index contributed by atoms with van der Waals surface area (Å²) in [5.74, 6) is 1.04. The molecule has 0 aliphatic heterocycles. The first-order valence-corrected chi connectivity index (χ1v) is 7.77. The first-order chi connectivity index (χ1) is 10.5. The lowest BCUT2D eigenvalue weighted by Gasteiger charge is -2.26. The average Bonchev–Trinajstić information content (AvgIpc) is 3.15. The Labute approximate surface area is 130 Å². The minimum absolute atomic E-state index is 0.122. The van der Waals surface area contributed by atoms with Crippen molar-refractivity contribution in [3.63, 3.8) is 0 Å². The second-order valence-corrected chi connectivity index (χ2v) is 6.20. The number of nitrogens with zero attached hydrogens (tertiary/aromatic N) is 5. The Kier molecular flexibility index (Phi) is 3.76. The van der Waals surface area contributed by atoms with Gasteiger partial charge >= 0.3 is 0 Å². The van der Waals surface area contributed by atoms with Crippen molar-refractivity contribution in [3.05, 3.63) is 35.7 Å². The molecule has 1 atom stereocenters. The maximum atomic E-state index is 13.0. The summed E-state index contributed by atoms with van der Waals surface area (Å²) in [4.78, 5) is 19.3. The largest absolute Gasteiger partial charge is 0.337 e. The predicted molar refractivity (Wildman–Crippen MR) is 83.2 cm³/mol. The second-order valence-electron chi connectivity index (χ2n) is 6.20. The van der Waals surface area contributed by atoms with E-state index in [0.717, 1.165) is 30.1 Å². The van der Waals surface area contributed by atoms with Gasteiger partial charge in [-0.3, -0.25) is 9.48 Å². The van der Waals surface area contributed by atoms with Crippen molar-refractivity contribution in [1.82, 2.24) is 24.2 Å². The van der Waals surface area contributed by atoms with Gasteiger partial charge in [-0.1, -0.05) is 0 Å². The Hall–Kier alpha value is -2.11. The molecule has 6 heteroatoms. The summed E-state index contributed by atoms with van der Waals surface area (Å²) in [6.45, 7) is 6.43. The zero-order chi connectivity index (χ0) is 15.9. The molecule has 0 radical (unpaired) electrons. The Balaban J connectivity index is 1.81. The van der Waals surface area contributed by atoms with E-state index in [1.807, 2.05) is 54.2 Å². The normalized spacial score (nSPS) is 15.8. The van der Waals surface area contributed by atoms with Crippen molar-refractivity contribution in [2.24, 2.45) is 7.05 Å². The van der Waals surface area contributed by atoms with Crippen LogP contribution in [0.25, 0.3) is 0 Å². The summed E-state index contributed by atoms with van der Waals surface area (Å²) >= 11 is 0. The Bertz CT molecular complexity index is 683. The number of amides is 1. The van der Waals surface area contributed by atoms with Crippen LogP contribution in [0, 0.1) is 13.8 Å². The van der Waals surface area contributed by atoms with Gasteiger partial charge in [0.1, 0.15) is 11.9 Å². The Morgan fingerprint density at radius 1 is 1.45 bits per heavy atom. The van der Waals surface area contributed by atoms with E-state index >= 15 is 0 Å². The van der Waals surface area contributed by atoms with Crippen molar-refractivity contribution in [2.45, 2.75) is 52.2 Å². The highest BCUT2D eigenvalue weighted by Gasteiger charge is 2.36. The number of aromatic nitrogens is 4. The molecule has 6 nitrogen and oxygen atoms in total. The molecular weight excluding hydrogens is 278 g/mol. The molecule has 0 unspecified atom stereocenters. The molecule has 0 aromatic carbocycles. The zero-order valence-corrected chi connectivity index (χ0v) is 13.7. The van der Waals surface area contributed by atoms with Gasteiger partial charge in [0.2, 0.25) is 5.91 Å². The van der Waals surface area contributed by atoms with Gasteiger partial charge in [0.05, 0.1) is 12.2 Å². The number of carbonyl (C=O) groups is 1. The highest BCUT2D eigenvalue weighted by atomic mass is 16.2. The summed E-state index contributed by atoms with van der Waals surface area (Å²) in [7, 11) is 1.96. The Morgan fingerprint density at radius 2 is 2.18 bits per heavy atom. The fourth-order valence-corrected chi connectivity index (χ4v) is 2.86. The number of hydrogen-bond donors (Lipinski definition) is 0. The Morgan fingerprint density at radius 3 is 2.68 bits per heavy atom. The third-order valence-corrected chi connectivity index (χ3v) is 4.27. The third-order valence-electron chi connectivity index (χ3n) is 4.27. The van der Waals surface area contributed by atoms with E-state index in [4.69, 9.17) is 0 Å². The summed E-state index contributed by atoms with van der Waals surface area (Å²) in [5.41, 5.74) is 1.96. The van der Waals surface area contributed by atoms with Gasteiger partial charge in [-0.2, -0.15) is 5.10 Å². The quantitative estimate of drug-likeness (QED) is 0.848. The van der Waals surface area contributed by atoms with Crippen molar-refractivity contribution < 1.29 is 4.79 Å². The minimum atomic E-state index is -0.283. The zero-order valence-electron chi connectivity index (χ0n) is 13.7. The summed E-state index contributed by atoms with van der Waals surface area (Å²) in [5, 5.41) is 4.46. The van der Waals surface area contributed by atoms with E-state index in [1.165, 1.54) is 0 Å². The molecule has 2 aromatic rings. The van der Waals surface area contributed by atoms with Crippen LogP contribution >= 0.6 is 0 Å². The minimum Gasteiger partial charge on any atom is -0.337 e. The number of aryl methyl sites for hydroxylation is 3. The van der Waals surface area contributed by atoms with Gasteiger partial charge in [-0.15, -0.1) is 0 Å². The molecule has 22 heavy (non-hydrogen) atoms. The van der Waals surface area contributed by atoms with Crippen molar-refractivity contribution >= 4 is 5.91 Å². The maximum Gasteiger partial charge on any atom is 0.247 e. The van der Waals surface area contributed by atoms with Crippen LogP contribution in [0.2, 0.25) is 0 Å². The molecule has 0 spiro atoms. The van der Waals surface area contributed by atoms with Gasteiger partial charge < -0.3 is 9.47 Å². The molecule has 1 aliphatic carbocycles. The van der Waals surface area contributed by atoms with E-state index in [-0.39, 0.29) is 11.9 Å². The van der Waals surface area contributed by atoms with Crippen LogP contribution in [0.5, 0.6) is 0 Å². The van der Waals surface area contributed by atoms with E-state index < -0.39 is 0 Å². The van der Waals surface area contributed by atoms with E-state index in [0.29, 0.717) is 12.6 Å². The summed E-state index contributed by atoms with van der Waals surface area (Å²) in [6, 6.07) is 2.07. The SMILES string of the molecule is Cc1cc(C)n([C@H](C)C(=O)N(Cc2nccn2C)C2CC2)n1. The molecule has 0 N–H and O–H groups in total. The first-order valence-electron chi connectivity index (χ1n) is 7.77. The van der Waals surface area contributed by atoms with Gasteiger partial charge in [0, 0.05) is 31.2 Å². The van der Waals surface area contributed by atoms with Crippen LogP contribution in [0.15, 0.2) is 18.5 Å². The molecular formula is C16H23N5O. The average molecular weight is 301 g/mol. The van der Waals surface area contributed by atoms with Gasteiger partial charge in [0.15, 0.2) is 0 Å². The highest BCUT2D eigenvalue weighted by Crippen LogP contribution is 2.30. The molecule has 1 amide bonds.